The first-order chi connectivity index (χ1) is 11.5. The molecule has 0 saturated heterocycles. The largest absolute Gasteiger partial charge is 0.496 e. The summed E-state index contributed by atoms with van der Waals surface area (Å²) < 4.78 is 5.90. The van der Waals surface area contributed by atoms with Gasteiger partial charge in [0.1, 0.15) is 5.75 Å². The van der Waals surface area contributed by atoms with Crippen molar-refractivity contribution in [3.63, 3.8) is 0 Å². The van der Waals surface area contributed by atoms with E-state index in [9.17, 15) is 9.59 Å². The maximum Gasteiger partial charge on any atom is 0.220 e. The zero-order valence-corrected chi connectivity index (χ0v) is 15.3. The van der Waals surface area contributed by atoms with Gasteiger partial charge in [0.25, 0.3) is 0 Å². The second-order valence-electron chi connectivity index (χ2n) is 5.44. The molecule has 128 valence electrons. The van der Waals surface area contributed by atoms with Gasteiger partial charge in [-0.1, -0.05) is 29.3 Å². The average molecular weight is 366 g/mol. The van der Waals surface area contributed by atoms with Crippen molar-refractivity contribution >= 4 is 34.6 Å². The zero-order valence-electron chi connectivity index (χ0n) is 13.7. The van der Waals surface area contributed by atoms with Crippen LogP contribution < -0.4 is 10.1 Å². The molecule has 2 rings (SSSR count). The highest BCUT2D eigenvalue weighted by atomic mass is 35.5. The summed E-state index contributed by atoms with van der Waals surface area (Å²) in [5, 5.41) is 2.84. The topological polar surface area (TPSA) is 55.4 Å². The molecule has 0 unspecified atom stereocenters. The number of thiophene rings is 1. The highest BCUT2D eigenvalue weighted by molar-refractivity contribution is 7.18. The molecule has 1 heterocycles. The van der Waals surface area contributed by atoms with Crippen molar-refractivity contribution in [2.45, 2.75) is 26.2 Å². The van der Waals surface area contributed by atoms with Crippen molar-refractivity contribution in [1.82, 2.24) is 5.32 Å². The monoisotopic (exact) mass is 365 g/mol. The van der Waals surface area contributed by atoms with Gasteiger partial charge in [0.2, 0.25) is 5.91 Å². The second kappa shape index (κ2) is 8.85. The Bertz CT molecular complexity index is 727. The van der Waals surface area contributed by atoms with E-state index in [0.29, 0.717) is 22.2 Å². The van der Waals surface area contributed by atoms with E-state index in [-0.39, 0.29) is 24.5 Å². The van der Waals surface area contributed by atoms with E-state index in [1.165, 1.54) is 11.3 Å². The van der Waals surface area contributed by atoms with E-state index in [1.807, 2.05) is 19.1 Å². The van der Waals surface area contributed by atoms with E-state index in [2.05, 4.69) is 11.4 Å². The third-order valence-corrected chi connectivity index (χ3v) is 4.85. The average Bonchev–Trinajstić information content (AvgIpc) is 2.99. The van der Waals surface area contributed by atoms with Crippen molar-refractivity contribution in [3.05, 3.63) is 50.7 Å². The lowest BCUT2D eigenvalue weighted by atomic mass is 10.1. The highest BCUT2D eigenvalue weighted by Crippen LogP contribution is 2.23. The number of nitrogens with one attached hydrogen (secondary N) is 1. The predicted octanol–water partition coefficient (Wildman–Crippen LogP) is 4.04. The molecule has 0 bridgehead atoms. The molecular weight excluding hydrogens is 346 g/mol. The predicted molar refractivity (Wildman–Crippen MR) is 97.3 cm³/mol. The first-order valence-corrected chi connectivity index (χ1v) is 8.88. The van der Waals surface area contributed by atoms with Gasteiger partial charge >= 0.3 is 0 Å². The summed E-state index contributed by atoms with van der Waals surface area (Å²) in [5.41, 5.74) is 2.21. The molecule has 0 atom stereocenters. The van der Waals surface area contributed by atoms with Gasteiger partial charge in [-0.3, -0.25) is 9.59 Å². The first-order valence-electron chi connectivity index (χ1n) is 7.68. The van der Waals surface area contributed by atoms with Crippen LogP contribution in [0.4, 0.5) is 0 Å². The van der Waals surface area contributed by atoms with Crippen LogP contribution >= 0.6 is 22.9 Å². The van der Waals surface area contributed by atoms with Gasteiger partial charge in [-0.25, -0.2) is 0 Å². The van der Waals surface area contributed by atoms with Crippen molar-refractivity contribution in [2.24, 2.45) is 0 Å². The summed E-state index contributed by atoms with van der Waals surface area (Å²) in [7, 11) is 1.63. The van der Waals surface area contributed by atoms with Crippen LogP contribution in [0.3, 0.4) is 0 Å². The summed E-state index contributed by atoms with van der Waals surface area (Å²) in [5.74, 6) is 0.639. The summed E-state index contributed by atoms with van der Waals surface area (Å²) in [6, 6.07) is 9.35. The van der Waals surface area contributed by atoms with Crippen LogP contribution in [0.15, 0.2) is 30.3 Å². The smallest absolute Gasteiger partial charge is 0.220 e. The lowest BCUT2D eigenvalue weighted by molar-refractivity contribution is -0.121. The molecule has 0 aliphatic carbocycles. The molecule has 0 aliphatic heterocycles. The Morgan fingerprint density at radius 3 is 2.67 bits per heavy atom. The Labute approximate surface area is 150 Å². The van der Waals surface area contributed by atoms with Crippen molar-refractivity contribution in [3.8, 4) is 5.75 Å². The molecular formula is C18H20ClNO3S. The van der Waals surface area contributed by atoms with Gasteiger partial charge in [-0.15, -0.1) is 11.3 Å². The summed E-state index contributed by atoms with van der Waals surface area (Å²) in [4.78, 5) is 24.4. The van der Waals surface area contributed by atoms with E-state index in [4.69, 9.17) is 16.3 Å². The minimum absolute atomic E-state index is 0.0533. The molecule has 0 spiro atoms. The van der Waals surface area contributed by atoms with Crippen molar-refractivity contribution in [1.29, 1.82) is 0 Å². The number of rotatable bonds is 8. The van der Waals surface area contributed by atoms with Gasteiger partial charge in [0.15, 0.2) is 5.78 Å². The molecule has 0 radical (unpaired) electrons. The zero-order chi connectivity index (χ0) is 17.5. The number of ketones is 1. The Morgan fingerprint density at radius 2 is 2.00 bits per heavy atom. The maximum atomic E-state index is 11.9. The number of hydrogen-bond donors (Lipinski definition) is 1. The number of benzene rings is 1. The van der Waals surface area contributed by atoms with Gasteiger partial charge in [-0.2, -0.15) is 0 Å². The van der Waals surface area contributed by atoms with E-state index in [1.54, 1.807) is 19.2 Å². The van der Waals surface area contributed by atoms with Crippen LogP contribution in [0, 0.1) is 6.92 Å². The molecule has 1 amide bonds. The quantitative estimate of drug-likeness (QED) is 0.718. The number of hydrogen-bond acceptors (Lipinski definition) is 4. The standard InChI is InChI=1S/C18H20ClNO3S/c1-12-3-5-15(23-2)13(11-12)9-10-20-18(22)8-4-14(21)16-6-7-17(19)24-16/h3,5-7,11H,4,8-10H2,1-2H3,(H,20,22). The highest BCUT2D eigenvalue weighted by Gasteiger charge is 2.11. The summed E-state index contributed by atoms with van der Waals surface area (Å²) in [6.07, 6.45) is 1.06. The molecule has 0 aliphatic rings. The molecule has 4 nitrogen and oxygen atoms in total. The lowest BCUT2D eigenvalue weighted by Crippen LogP contribution is -2.26. The fraction of sp³-hybridized carbons (Fsp3) is 0.333. The minimum atomic E-state index is -0.127. The molecule has 6 heteroatoms. The molecule has 1 N–H and O–H groups in total. The number of ether oxygens (including phenoxy) is 1. The van der Waals surface area contributed by atoms with E-state index >= 15 is 0 Å². The summed E-state index contributed by atoms with van der Waals surface area (Å²) >= 11 is 7.04. The van der Waals surface area contributed by atoms with Crippen LogP contribution in [-0.4, -0.2) is 25.3 Å². The first kappa shape index (κ1) is 18.5. The molecule has 1 aromatic heterocycles. The third kappa shape index (κ3) is 5.35. The lowest BCUT2D eigenvalue weighted by Gasteiger charge is -2.10. The van der Waals surface area contributed by atoms with Gasteiger partial charge in [-0.05, 0) is 37.1 Å². The summed E-state index contributed by atoms with van der Waals surface area (Å²) in [6.45, 7) is 2.53. The van der Waals surface area contributed by atoms with Crippen LogP contribution in [0.1, 0.15) is 33.6 Å². The molecule has 0 saturated carbocycles. The van der Waals surface area contributed by atoms with Crippen molar-refractivity contribution in [2.75, 3.05) is 13.7 Å². The van der Waals surface area contributed by atoms with Crippen molar-refractivity contribution < 1.29 is 14.3 Å². The molecule has 1 aromatic carbocycles. The van der Waals surface area contributed by atoms with Gasteiger partial charge < -0.3 is 10.1 Å². The van der Waals surface area contributed by atoms with Gasteiger partial charge in [0.05, 0.1) is 16.3 Å². The van der Waals surface area contributed by atoms with Crippen LogP contribution in [-0.2, 0) is 11.2 Å². The van der Waals surface area contributed by atoms with Gasteiger partial charge in [0, 0.05) is 19.4 Å². The number of halogens is 1. The Hall–Kier alpha value is -1.85. The van der Waals surface area contributed by atoms with Crippen LogP contribution in [0.5, 0.6) is 5.75 Å². The Kier molecular flexibility index (Phi) is 6.82. The molecule has 0 fully saturated rings. The number of Topliss-reactive ketones (excluding diaryl/α,β-unsaturated/α-hetero) is 1. The Balaban J connectivity index is 1.75. The minimum Gasteiger partial charge on any atom is -0.496 e. The fourth-order valence-corrected chi connectivity index (χ4v) is 3.35. The third-order valence-electron chi connectivity index (χ3n) is 3.58. The number of carbonyl (C=O) groups is 2. The normalized spacial score (nSPS) is 10.5. The molecule has 24 heavy (non-hydrogen) atoms. The van der Waals surface area contributed by atoms with Crippen LogP contribution in [0.25, 0.3) is 0 Å². The number of methoxy groups -OCH3 is 1. The molecule has 2 aromatic rings. The maximum absolute atomic E-state index is 11.9. The number of aryl methyl sites for hydroxylation is 1. The Morgan fingerprint density at radius 1 is 1.21 bits per heavy atom. The number of carbonyl (C=O) groups excluding carboxylic acids is 2. The van der Waals surface area contributed by atoms with Crippen LogP contribution in [0.2, 0.25) is 4.34 Å². The fourth-order valence-electron chi connectivity index (χ4n) is 2.34. The number of amides is 1. The SMILES string of the molecule is COc1ccc(C)cc1CCNC(=O)CCC(=O)c1ccc(Cl)s1. The second-order valence-corrected chi connectivity index (χ2v) is 7.16. The van der Waals surface area contributed by atoms with E-state index in [0.717, 1.165) is 16.9 Å². The van der Waals surface area contributed by atoms with E-state index < -0.39 is 0 Å².